The van der Waals surface area contributed by atoms with Crippen molar-refractivity contribution in [3.05, 3.63) is 68.9 Å². The van der Waals surface area contributed by atoms with Gasteiger partial charge in [-0.05, 0) is 67.3 Å². The summed E-state index contributed by atoms with van der Waals surface area (Å²) < 4.78 is 5.14. The highest BCUT2D eigenvalue weighted by Gasteiger charge is 2.34. The molecule has 0 unspecified atom stereocenters. The van der Waals surface area contributed by atoms with Crippen LogP contribution in [0, 0.1) is 18.3 Å². The number of aromatic nitrogens is 1. The fourth-order valence-corrected chi connectivity index (χ4v) is 7.10. The van der Waals surface area contributed by atoms with Gasteiger partial charge in [-0.15, -0.1) is 22.7 Å². The molecule has 5 rings (SSSR count). The molecule has 0 saturated heterocycles. The zero-order chi connectivity index (χ0) is 25.6. The van der Waals surface area contributed by atoms with Gasteiger partial charge in [-0.1, -0.05) is 39.0 Å². The van der Waals surface area contributed by atoms with Crippen molar-refractivity contribution in [2.24, 2.45) is 11.3 Å². The molecule has 5 nitrogen and oxygen atoms in total. The molecule has 1 aliphatic rings. The molecule has 0 aliphatic heterocycles. The number of aryl methyl sites for hydroxylation is 1. The average molecular weight is 519 g/mol. The largest absolute Gasteiger partial charge is 0.465 e. The summed E-state index contributed by atoms with van der Waals surface area (Å²) in [4.78, 5) is 34.8. The quantitative estimate of drug-likeness (QED) is 0.284. The van der Waals surface area contributed by atoms with Gasteiger partial charge < -0.3 is 10.1 Å². The molecule has 186 valence electrons. The lowest BCUT2D eigenvalue weighted by Gasteiger charge is -2.33. The van der Waals surface area contributed by atoms with Crippen LogP contribution in [0.1, 0.15) is 63.2 Å². The van der Waals surface area contributed by atoms with Crippen LogP contribution in [-0.2, 0) is 17.6 Å². The number of carbonyl (C=O) groups excluding carboxylic acids is 2. The van der Waals surface area contributed by atoms with Gasteiger partial charge in [-0.3, -0.25) is 4.79 Å². The van der Waals surface area contributed by atoms with Gasteiger partial charge in [0.25, 0.3) is 5.91 Å². The highest BCUT2D eigenvalue weighted by Crippen LogP contribution is 2.44. The molecule has 3 heterocycles. The predicted octanol–water partition coefficient (Wildman–Crippen LogP) is 7.52. The van der Waals surface area contributed by atoms with E-state index in [1.54, 1.807) is 11.3 Å². The Bertz CT molecular complexity index is 1480. The van der Waals surface area contributed by atoms with Crippen molar-refractivity contribution in [1.82, 2.24) is 4.98 Å². The van der Waals surface area contributed by atoms with Crippen molar-refractivity contribution in [2.45, 2.75) is 47.0 Å². The lowest BCUT2D eigenvalue weighted by atomic mass is 9.72. The van der Waals surface area contributed by atoms with Crippen molar-refractivity contribution in [1.29, 1.82) is 0 Å². The summed E-state index contributed by atoms with van der Waals surface area (Å²) in [7, 11) is 1.39. The van der Waals surface area contributed by atoms with E-state index < -0.39 is 5.97 Å². The first-order chi connectivity index (χ1) is 17.2. The van der Waals surface area contributed by atoms with E-state index in [2.05, 4.69) is 39.1 Å². The van der Waals surface area contributed by atoms with Gasteiger partial charge in [0.1, 0.15) is 5.00 Å². The number of nitrogens with zero attached hydrogens (tertiary/aromatic N) is 1. The molecule has 0 radical (unpaired) electrons. The predicted molar refractivity (Wildman–Crippen MR) is 148 cm³/mol. The van der Waals surface area contributed by atoms with Crippen molar-refractivity contribution < 1.29 is 14.3 Å². The molecule has 0 saturated carbocycles. The second-order valence-electron chi connectivity index (χ2n) is 10.4. The lowest BCUT2D eigenvalue weighted by Crippen LogP contribution is -2.26. The molecule has 1 aromatic carbocycles. The minimum atomic E-state index is -0.397. The van der Waals surface area contributed by atoms with Crippen LogP contribution in [-0.4, -0.2) is 24.0 Å². The normalized spacial score (nSPS) is 15.5. The van der Waals surface area contributed by atoms with Crippen LogP contribution >= 0.6 is 22.7 Å². The molecule has 0 bridgehead atoms. The number of fused-ring (bicyclic) bond motifs is 2. The highest BCUT2D eigenvalue weighted by atomic mass is 32.1. The molecule has 1 N–H and O–H groups in total. The Balaban J connectivity index is 1.56. The van der Waals surface area contributed by atoms with Crippen LogP contribution in [0.4, 0.5) is 5.00 Å². The number of benzene rings is 1. The maximum absolute atomic E-state index is 13.7. The van der Waals surface area contributed by atoms with Crippen LogP contribution < -0.4 is 5.32 Å². The Hall–Kier alpha value is -3.03. The number of esters is 1. The first-order valence-electron chi connectivity index (χ1n) is 12.2. The fraction of sp³-hybridized carbons (Fsp3) is 0.345. The molecule has 36 heavy (non-hydrogen) atoms. The minimum Gasteiger partial charge on any atom is -0.465 e. The third-order valence-electron chi connectivity index (χ3n) is 7.06. The number of ether oxygens (including phenoxy) is 1. The van der Waals surface area contributed by atoms with Crippen molar-refractivity contribution in [3.63, 3.8) is 0 Å². The van der Waals surface area contributed by atoms with Gasteiger partial charge in [0.05, 0.1) is 34.3 Å². The number of pyridine rings is 1. The number of nitrogens with one attached hydrogen (secondary N) is 1. The van der Waals surface area contributed by atoms with E-state index in [1.807, 2.05) is 36.4 Å². The highest BCUT2D eigenvalue weighted by molar-refractivity contribution is 7.17. The van der Waals surface area contributed by atoms with Crippen LogP contribution in [0.3, 0.4) is 0 Å². The number of amides is 1. The summed E-state index contributed by atoms with van der Waals surface area (Å²) in [5.41, 5.74) is 3.78. The molecular formula is C29H30N2O3S2. The molecule has 1 aliphatic carbocycles. The van der Waals surface area contributed by atoms with Gasteiger partial charge in [-0.25, -0.2) is 9.78 Å². The first kappa shape index (κ1) is 24.7. The monoisotopic (exact) mass is 518 g/mol. The molecule has 1 atom stereocenters. The van der Waals surface area contributed by atoms with Crippen molar-refractivity contribution in [3.8, 4) is 10.6 Å². The molecule has 7 heteroatoms. The maximum atomic E-state index is 13.7. The van der Waals surface area contributed by atoms with Crippen LogP contribution in [0.2, 0.25) is 0 Å². The van der Waals surface area contributed by atoms with Gasteiger partial charge in [0.2, 0.25) is 0 Å². The van der Waals surface area contributed by atoms with Crippen LogP contribution in [0.15, 0.2) is 42.5 Å². The summed E-state index contributed by atoms with van der Waals surface area (Å²) in [6.07, 6.45) is 2.74. The van der Waals surface area contributed by atoms with Gasteiger partial charge in [-0.2, -0.15) is 0 Å². The SMILES string of the molecule is COC(=O)c1c(NC(=O)c2cc(-c3ccc(C)s3)nc3ccccc23)sc2c1CC[C@H](C(C)(C)C)C2. The number of thiophene rings is 2. The van der Waals surface area contributed by atoms with Crippen molar-refractivity contribution in [2.75, 3.05) is 12.4 Å². The fourth-order valence-electron chi connectivity index (χ4n) is 4.96. The Labute approximate surface area is 219 Å². The van der Waals surface area contributed by atoms with E-state index in [4.69, 9.17) is 9.72 Å². The summed E-state index contributed by atoms with van der Waals surface area (Å²) in [5.74, 6) is -0.121. The molecule has 4 aromatic rings. The zero-order valence-corrected chi connectivity index (χ0v) is 22.9. The summed E-state index contributed by atoms with van der Waals surface area (Å²) in [6.45, 7) is 8.85. The number of hydrogen-bond acceptors (Lipinski definition) is 6. The number of methoxy groups -OCH3 is 1. The molecule has 0 spiro atoms. The standard InChI is InChI=1S/C29H30N2O3S2/c1-16-10-13-23(35-16)22-15-20(18-8-6-7-9-21(18)30-22)26(32)31-27-25(28(33)34-5)19-12-11-17(29(2,3)4)14-24(19)36-27/h6-10,13,15,17H,11-12,14H2,1-5H3,(H,31,32)/t17-/m0/s1. The summed E-state index contributed by atoms with van der Waals surface area (Å²) in [6, 6.07) is 13.6. The topological polar surface area (TPSA) is 68.3 Å². The summed E-state index contributed by atoms with van der Waals surface area (Å²) >= 11 is 3.16. The third kappa shape index (κ3) is 4.58. The van der Waals surface area contributed by atoms with E-state index >= 15 is 0 Å². The van der Waals surface area contributed by atoms with Gasteiger partial charge in [0.15, 0.2) is 0 Å². The first-order valence-corrected chi connectivity index (χ1v) is 13.8. The van der Waals surface area contributed by atoms with Crippen molar-refractivity contribution >= 4 is 50.5 Å². The molecule has 3 aromatic heterocycles. The Morgan fingerprint density at radius 3 is 2.58 bits per heavy atom. The number of hydrogen-bond donors (Lipinski definition) is 1. The lowest BCUT2D eigenvalue weighted by molar-refractivity contribution is 0.0600. The Kier molecular flexibility index (Phi) is 6.47. The van der Waals surface area contributed by atoms with E-state index in [9.17, 15) is 9.59 Å². The molecule has 1 amide bonds. The van der Waals surface area contributed by atoms with E-state index in [0.717, 1.165) is 46.3 Å². The zero-order valence-electron chi connectivity index (χ0n) is 21.2. The Morgan fingerprint density at radius 1 is 1.11 bits per heavy atom. The Morgan fingerprint density at radius 2 is 1.89 bits per heavy atom. The second kappa shape index (κ2) is 9.45. The minimum absolute atomic E-state index is 0.184. The summed E-state index contributed by atoms with van der Waals surface area (Å²) in [5, 5.41) is 4.43. The number of anilines is 1. The number of para-hydroxylation sites is 1. The molecular weight excluding hydrogens is 488 g/mol. The number of rotatable bonds is 4. The third-order valence-corrected chi connectivity index (χ3v) is 9.25. The second-order valence-corrected chi connectivity index (χ2v) is 12.8. The van der Waals surface area contributed by atoms with Gasteiger partial charge in [0, 0.05) is 15.1 Å². The van der Waals surface area contributed by atoms with Crippen LogP contribution in [0.25, 0.3) is 21.5 Å². The maximum Gasteiger partial charge on any atom is 0.341 e. The smallest absolute Gasteiger partial charge is 0.341 e. The average Bonchev–Trinajstić information content (AvgIpc) is 3.44. The molecule has 0 fully saturated rings. The van der Waals surface area contributed by atoms with E-state index in [0.29, 0.717) is 22.0 Å². The van der Waals surface area contributed by atoms with Gasteiger partial charge >= 0.3 is 5.97 Å². The van der Waals surface area contributed by atoms with E-state index in [1.165, 1.54) is 28.2 Å². The van der Waals surface area contributed by atoms with E-state index in [-0.39, 0.29) is 11.3 Å². The number of carbonyl (C=O) groups is 2. The van der Waals surface area contributed by atoms with Crippen LogP contribution in [0.5, 0.6) is 0 Å².